The largest absolute Gasteiger partial charge is 0.460 e. The number of ether oxygens (including phenoxy) is 2. The van der Waals surface area contributed by atoms with E-state index in [2.05, 4.69) is 10.1 Å². The molecule has 1 N–H and O–H groups in total. The first-order valence-electron chi connectivity index (χ1n) is 5.34. The fraction of sp³-hybridized carbons (Fsp3) is 0.333. The first-order valence-corrected chi connectivity index (χ1v) is 5.87. The Labute approximate surface area is 110 Å². The van der Waals surface area contributed by atoms with Crippen molar-refractivity contribution in [2.45, 2.75) is 6.61 Å². The van der Waals surface area contributed by atoms with Gasteiger partial charge in [-0.3, -0.25) is 14.9 Å². The minimum Gasteiger partial charge on any atom is -0.460 e. The van der Waals surface area contributed by atoms with E-state index in [4.69, 9.17) is 16.3 Å². The summed E-state index contributed by atoms with van der Waals surface area (Å²) in [6, 6.07) is 9.14. The van der Waals surface area contributed by atoms with Gasteiger partial charge in [-0.15, -0.1) is 0 Å². The second-order valence-corrected chi connectivity index (χ2v) is 3.59. The lowest BCUT2D eigenvalue weighted by atomic mass is 10.2. The van der Waals surface area contributed by atoms with E-state index in [9.17, 15) is 9.59 Å². The monoisotopic (exact) mass is 271 g/mol. The first-order chi connectivity index (χ1) is 8.72. The number of hydrogen-bond acceptors (Lipinski definition) is 5. The number of hydrogen-bond donors (Lipinski definition) is 1. The van der Waals surface area contributed by atoms with Crippen molar-refractivity contribution < 1.29 is 19.1 Å². The molecule has 0 amide bonds. The van der Waals surface area contributed by atoms with Crippen LogP contribution < -0.4 is 5.32 Å². The molecular weight excluding hydrogens is 258 g/mol. The SMILES string of the molecule is O=C(CNCC(=O)OCc1ccccc1)OCCl. The van der Waals surface area contributed by atoms with Crippen LogP contribution in [0.2, 0.25) is 0 Å². The summed E-state index contributed by atoms with van der Waals surface area (Å²) in [5, 5.41) is 2.60. The van der Waals surface area contributed by atoms with Gasteiger partial charge in [0.2, 0.25) is 0 Å². The highest BCUT2D eigenvalue weighted by molar-refractivity contribution is 6.17. The van der Waals surface area contributed by atoms with Crippen LogP contribution in [-0.4, -0.2) is 31.1 Å². The summed E-state index contributed by atoms with van der Waals surface area (Å²) >= 11 is 5.19. The normalized spacial score (nSPS) is 9.83. The van der Waals surface area contributed by atoms with Crippen LogP contribution in [0.25, 0.3) is 0 Å². The quantitative estimate of drug-likeness (QED) is 0.593. The number of alkyl halides is 1. The van der Waals surface area contributed by atoms with Gasteiger partial charge in [0.15, 0.2) is 6.07 Å². The van der Waals surface area contributed by atoms with Gasteiger partial charge in [-0.2, -0.15) is 0 Å². The van der Waals surface area contributed by atoms with Gasteiger partial charge in [0.1, 0.15) is 6.61 Å². The summed E-state index contributed by atoms with van der Waals surface area (Å²) in [5.41, 5.74) is 0.910. The van der Waals surface area contributed by atoms with Crippen molar-refractivity contribution in [3.63, 3.8) is 0 Å². The molecule has 0 spiro atoms. The predicted molar refractivity (Wildman–Crippen MR) is 65.9 cm³/mol. The van der Waals surface area contributed by atoms with Crippen molar-refractivity contribution in [1.29, 1.82) is 0 Å². The van der Waals surface area contributed by atoms with Crippen LogP contribution in [0.5, 0.6) is 0 Å². The molecule has 0 unspecified atom stereocenters. The molecule has 0 aliphatic heterocycles. The second-order valence-electron chi connectivity index (χ2n) is 3.38. The maximum atomic E-state index is 11.3. The van der Waals surface area contributed by atoms with Gasteiger partial charge < -0.3 is 9.47 Å². The van der Waals surface area contributed by atoms with E-state index in [1.807, 2.05) is 30.3 Å². The summed E-state index contributed by atoms with van der Waals surface area (Å²) in [4.78, 5) is 22.2. The smallest absolute Gasteiger partial charge is 0.321 e. The van der Waals surface area contributed by atoms with E-state index in [-0.39, 0.29) is 25.8 Å². The van der Waals surface area contributed by atoms with Crippen LogP contribution in [0.15, 0.2) is 30.3 Å². The van der Waals surface area contributed by atoms with Crippen LogP contribution in [-0.2, 0) is 25.7 Å². The predicted octanol–water partition coefficient (Wildman–Crippen LogP) is 1.06. The Balaban J connectivity index is 2.13. The van der Waals surface area contributed by atoms with Crippen molar-refractivity contribution in [2.75, 3.05) is 19.2 Å². The number of carbonyl (C=O) groups is 2. The van der Waals surface area contributed by atoms with E-state index < -0.39 is 11.9 Å². The molecule has 6 heteroatoms. The second kappa shape index (κ2) is 8.49. The Bertz CT molecular complexity index is 383. The van der Waals surface area contributed by atoms with E-state index in [1.54, 1.807) is 0 Å². The number of nitrogens with one attached hydrogen (secondary N) is 1. The molecule has 0 fully saturated rings. The minimum absolute atomic E-state index is 0.0514. The first kappa shape index (κ1) is 14.5. The molecule has 1 aromatic rings. The Kier molecular flexibility index (Phi) is 6.83. The fourth-order valence-electron chi connectivity index (χ4n) is 1.17. The molecule has 0 radical (unpaired) electrons. The van der Waals surface area contributed by atoms with Crippen LogP contribution in [0, 0.1) is 0 Å². The van der Waals surface area contributed by atoms with Crippen molar-refractivity contribution in [2.24, 2.45) is 0 Å². The van der Waals surface area contributed by atoms with Gasteiger partial charge in [-0.1, -0.05) is 41.9 Å². The topological polar surface area (TPSA) is 64.6 Å². The molecule has 18 heavy (non-hydrogen) atoms. The molecule has 0 aliphatic carbocycles. The Morgan fingerprint density at radius 2 is 1.67 bits per heavy atom. The summed E-state index contributed by atoms with van der Waals surface area (Å²) in [6.07, 6.45) is 0. The van der Waals surface area contributed by atoms with E-state index in [0.29, 0.717) is 0 Å². The summed E-state index contributed by atoms with van der Waals surface area (Å²) in [7, 11) is 0. The standard InChI is InChI=1S/C12H14ClNO4/c13-9-18-12(16)7-14-6-11(15)17-8-10-4-2-1-3-5-10/h1-5,14H,6-9H2. The zero-order chi connectivity index (χ0) is 13.2. The summed E-state index contributed by atoms with van der Waals surface area (Å²) in [6.45, 7) is 0.0882. The van der Waals surface area contributed by atoms with Gasteiger partial charge in [-0.25, -0.2) is 0 Å². The highest BCUT2D eigenvalue weighted by Gasteiger charge is 2.05. The average Bonchev–Trinajstić information content (AvgIpc) is 2.38. The molecule has 0 aromatic heterocycles. The van der Waals surface area contributed by atoms with E-state index in [0.717, 1.165) is 5.56 Å². The number of carbonyl (C=O) groups excluding carboxylic acids is 2. The van der Waals surface area contributed by atoms with E-state index in [1.165, 1.54) is 0 Å². The minimum atomic E-state index is -0.513. The third kappa shape index (κ3) is 6.22. The number of rotatable bonds is 7. The van der Waals surface area contributed by atoms with Gasteiger partial charge >= 0.3 is 11.9 Å². The van der Waals surface area contributed by atoms with E-state index >= 15 is 0 Å². The van der Waals surface area contributed by atoms with Gasteiger partial charge in [0.05, 0.1) is 13.1 Å². The highest BCUT2D eigenvalue weighted by Crippen LogP contribution is 2.00. The zero-order valence-corrected chi connectivity index (χ0v) is 10.5. The summed E-state index contributed by atoms with van der Waals surface area (Å²) in [5.74, 6) is -0.946. The van der Waals surface area contributed by atoms with Gasteiger partial charge in [-0.05, 0) is 5.56 Å². The average molecular weight is 272 g/mol. The van der Waals surface area contributed by atoms with Crippen LogP contribution >= 0.6 is 11.6 Å². The number of benzene rings is 1. The lowest BCUT2D eigenvalue weighted by molar-refractivity contribution is -0.144. The van der Waals surface area contributed by atoms with Crippen LogP contribution in [0.1, 0.15) is 5.56 Å². The fourth-order valence-corrected chi connectivity index (χ4v) is 1.29. The van der Waals surface area contributed by atoms with Crippen molar-refractivity contribution in [3.8, 4) is 0 Å². The number of halogens is 1. The third-order valence-electron chi connectivity index (χ3n) is 2.00. The van der Waals surface area contributed by atoms with Gasteiger partial charge in [0.25, 0.3) is 0 Å². The zero-order valence-electron chi connectivity index (χ0n) is 9.73. The lowest BCUT2D eigenvalue weighted by Crippen LogP contribution is -2.30. The number of esters is 2. The molecule has 0 atom stereocenters. The maximum absolute atomic E-state index is 11.3. The van der Waals surface area contributed by atoms with Crippen molar-refractivity contribution >= 4 is 23.5 Å². The molecule has 5 nitrogen and oxygen atoms in total. The molecule has 1 aromatic carbocycles. The third-order valence-corrected chi connectivity index (χ3v) is 2.11. The molecule has 0 aliphatic rings. The Hall–Kier alpha value is -1.59. The molecular formula is C12H14ClNO4. The van der Waals surface area contributed by atoms with Gasteiger partial charge in [0, 0.05) is 0 Å². The Morgan fingerprint density at radius 1 is 1.06 bits per heavy atom. The Morgan fingerprint density at radius 3 is 2.28 bits per heavy atom. The molecule has 0 saturated carbocycles. The highest BCUT2D eigenvalue weighted by atomic mass is 35.5. The molecule has 1 rings (SSSR count). The molecule has 0 heterocycles. The maximum Gasteiger partial charge on any atom is 0.321 e. The van der Waals surface area contributed by atoms with Crippen molar-refractivity contribution in [3.05, 3.63) is 35.9 Å². The van der Waals surface area contributed by atoms with Crippen LogP contribution in [0.4, 0.5) is 0 Å². The van der Waals surface area contributed by atoms with Crippen molar-refractivity contribution in [1.82, 2.24) is 5.32 Å². The molecule has 0 saturated heterocycles. The van der Waals surface area contributed by atoms with Crippen LogP contribution in [0.3, 0.4) is 0 Å². The molecule has 0 bridgehead atoms. The lowest BCUT2D eigenvalue weighted by Gasteiger charge is -2.06. The summed E-state index contributed by atoms with van der Waals surface area (Å²) < 4.78 is 9.46. The molecule has 98 valence electrons.